The van der Waals surface area contributed by atoms with E-state index >= 15 is 0 Å². The molecular formula is C16H22ClN3. The molecular weight excluding hydrogens is 270 g/mol. The van der Waals surface area contributed by atoms with E-state index in [0.717, 1.165) is 17.9 Å². The average molecular weight is 292 g/mol. The number of likely N-dealkylation sites (tertiary alicyclic amines) is 1. The SMILES string of the molecule is Cc1cccc2c1nc(CCl)n2CCCN1CCCC1. The smallest absolute Gasteiger partial charge is 0.124 e. The van der Waals surface area contributed by atoms with Gasteiger partial charge in [0, 0.05) is 6.54 Å². The van der Waals surface area contributed by atoms with Gasteiger partial charge in [-0.25, -0.2) is 4.98 Å². The average Bonchev–Trinajstić information content (AvgIpc) is 3.08. The summed E-state index contributed by atoms with van der Waals surface area (Å²) >= 11 is 6.07. The lowest BCUT2D eigenvalue weighted by Gasteiger charge is -2.15. The first-order valence-electron chi connectivity index (χ1n) is 7.52. The minimum Gasteiger partial charge on any atom is -0.327 e. The van der Waals surface area contributed by atoms with Crippen molar-refractivity contribution in [2.24, 2.45) is 0 Å². The Morgan fingerprint density at radius 1 is 1.20 bits per heavy atom. The molecule has 3 rings (SSSR count). The molecule has 3 nitrogen and oxygen atoms in total. The fourth-order valence-corrected chi connectivity index (χ4v) is 3.35. The van der Waals surface area contributed by atoms with Gasteiger partial charge in [-0.1, -0.05) is 12.1 Å². The number of alkyl halides is 1. The first-order chi connectivity index (χ1) is 9.79. The van der Waals surface area contributed by atoms with Crippen LogP contribution < -0.4 is 0 Å². The van der Waals surface area contributed by atoms with Gasteiger partial charge in [0.1, 0.15) is 5.82 Å². The molecule has 4 heteroatoms. The standard InChI is InChI=1S/C16H22ClN3/c1-13-6-4-7-14-16(13)18-15(12-17)20(14)11-5-10-19-8-2-3-9-19/h4,6-7H,2-3,5,8-12H2,1H3. The van der Waals surface area contributed by atoms with Crippen molar-refractivity contribution in [1.29, 1.82) is 0 Å². The quantitative estimate of drug-likeness (QED) is 0.785. The zero-order valence-electron chi connectivity index (χ0n) is 12.1. The van der Waals surface area contributed by atoms with Crippen molar-refractivity contribution in [3.8, 4) is 0 Å². The molecule has 1 aromatic heterocycles. The van der Waals surface area contributed by atoms with E-state index in [1.54, 1.807) is 0 Å². The number of hydrogen-bond acceptors (Lipinski definition) is 2. The highest BCUT2D eigenvalue weighted by molar-refractivity contribution is 6.16. The fourth-order valence-electron chi connectivity index (χ4n) is 3.15. The van der Waals surface area contributed by atoms with Crippen molar-refractivity contribution in [1.82, 2.24) is 14.5 Å². The molecule has 0 saturated carbocycles. The zero-order chi connectivity index (χ0) is 13.9. The third kappa shape index (κ3) is 2.70. The van der Waals surface area contributed by atoms with Gasteiger partial charge >= 0.3 is 0 Å². The van der Waals surface area contributed by atoms with E-state index in [-0.39, 0.29) is 0 Å². The summed E-state index contributed by atoms with van der Waals surface area (Å²) in [5, 5.41) is 0. The van der Waals surface area contributed by atoms with Crippen molar-refractivity contribution in [2.45, 2.75) is 38.6 Å². The van der Waals surface area contributed by atoms with Gasteiger partial charge < -0.3 is 9.47 Å². The fraction of sp³-hybridized carbons (Fsp3) is 0.562. The van der Waals surface area contributed by atoms with Crippen LogP contribution in [0.5, 0.6) is 0 Å². The number of imidazole rings is 1. The minimum absolute atomic E-state index is 0.484. The van der Waals surface area contributed by atoms with Crippen molar-refractivity contribution < 1.29 is 0 Å². The molecule has 0 aliphatic carbocycles. The first kappa shape index (κ1) is 13.9. The summed E-state index contributed by atoms with van der Waals surface area (Å²) in [6, 6.07) is 6.37. The third-order valence-corrected chi connectivity index (χ3v) is 4.47. The highest BCUT2D eigenvalue weighted by Crippen LogP contribution is 2.21. The number of nitrogens with zero attached hydrogens (tertiary/aromatic N) is 3. The van der Waals surface area contributed by atoms with E-state index in [1.807, 2.05) is 0 Å². The molecule has 0 radical (unpaired) electrons. The number of fused-ring (bicyclic) bond motifs is 1. The van der Waals surface area contributed by atoms with E-state index in [9.17, 15) is 0 Å². The lowest BCUT2D eigenvalue weighted by atomic mass is 10.2. The van der Waals surface area contributed by atoms with Gasteiger partial charge in [0.25, 0.3) is 0 Å². The molecule has 1 aromatic carbocycles. The van der Waals surface area contributed by atoms with E-state index < -0.39 is 0 Å². The van der Waals surface area contributed by atoms with Crippen LogP contribution in [-0.4, -0.2) is 34.1 Å². The molecule has 1 aliphatic rings. The first-order valence-corrected chi connectivity index (χ1v) is 8.06. The molecule has 0 N–H and O–H groups in total. The Balaban J connectivity index is 1.77. The summed E-state index contributed by atoms with van der Waals surface area (Å²) in [4.78, 5) is 7.26. The summed E-state index contributed by atoms with van der Waals surface area (Å²) in [6.45, 7) is 6.85. The van der Waals surface area contributed by atoms with Gasteiger partial charge in [-0.2, -0.15) is 0 Å². The maximum atomic E-state index is 6.07. The topological polar surface area (TPSA) is 21.1 Å². The number of halogens is 1. The lowest BCUT2D eigenvalue weighted by Crippen LogP contribution is -2.21. The molecule has 20 heavy (non-hydrogen) atoms. The Hall–Kier alpha value is -1.06. The Morgan fingerprint density at radius 3 is 2.75 bits per heavy atom. The van der Waals surface area contributed by atoms with Gasteiger partial charge in [-0.3, -0.25) is 0 Å². The van der Waals surface area contributed by atoms with Crippen LogP contribution in [0.2, 0.25) is 0 Å². The van der Waals surface area contributed by atoms with Crippen molar-refractivity contribution in [3.63, 3.8) is 0 Å². The van der Waals surface area contributed by atoms with E-state index in [4.69, 9.17) is 16.6 Å². The molecule has 1 fully saturated rings. The second kappa shape index (κ2) is 6.15. The lowest BCUT2D eigenvalue weighted by molar-refractivity contribution is 0.325. The van der Waals surface area contributed by atoms with E-state index in [2.05, 4.69) is 34.6 Å². The zero-order valence-corrected chi connectivity index (χ0v) is 12.9. The number of para-hydroxylation sites is 1. The molecule has 108 valence electrons. The number of aryl methyl sites for hydroxylation is 2. The largest absolute Gasteiger partial charge is 0.327 e. The Morgan fingerprint density at radius 2 is 2.00 bits per heavy atom. The van der Waals surface area contributed by atoms with Crippen LogP contribution in [0.25, 0.3) is 11.0 Å². The molecule has 2 heterocycles. The number of aromatic nitrogens is 2. The monoisotopic (exact) mass is 291 g/mol. The van der Waals surface area contributed by atoms with Crippen LogP contribution in [0.1, 0.15) is 30.7 Å². The molecule has 1 saturated heterocycles. The molecule has 2 aromatic rings. The highest BCUT2D eigenvalue weighted by Gasteiger charge is 2.13. The van der Waals surface area contributed by atoms with Crippen molar-refractivity contribution in [3.05, 3.63) is 29.6 Å². The maximum Gasteiger partial charge on any atom is 0.124 e. The molecule has 1 aliphatic heterocycles. The van der Waals surface area contributed by atoms with Crippen LogP contribution in [0.3, 0.4) is 0 Å². The van der Waals surface area contributed by atoms with E-state index in [1.165, 1.54) is 50.0 Å². The van der Waals surface area contributed by atoms with Gasteiger partial charge in [0.15, 0.2) is 0 Å². The highest BCUT2D eigenvalue weighted by atomic mass is 35.5. The Kier molecular flexibility index (Phi) is 4.27. The molecule has 0 unspecified atom stereocenters. The van der Waals surface area contributed by atoms with Crippen LogP contribution in [0.4, 0.5) is 0 Å². The molecule has 0 bridgehead atoms. The predicted molar refractivity (Wildman–Crippen MR) is 84.3 cm³/mol. The van der Waals surface area contributed by atoms with Gasteiger partial charge in [-0.05, 0) is 57.5 Å². The molecule has 0 spiro atoms. The predicted octanol–water partition coefficient (Wildman–Crippen LogP) is 3.57. The normalized spacial score (nSPS) is 16.3. The van der Waals surface area contributed by atoms with Crippen LogP contribution >= 0.6 is 11.6 Å². The maximum absolute atomic E-state index is 6.07. The van der Waals surface area contributed by atoms with Crippen LogP contribution in [0, 0.1) is 6.92 Å². The Bertz CT molecular complexity index is 585. The summed E-state index contributed by atoms with van der Waals surface area (Å²) in [5.74, 6) is 1.48. The van der Waals surface area contributed by atoms with Gasteiger partial charge in [0.2, 0.25) is 0 Å². The van der Waals surface area contributed by atoms with Crippen molar-refractivity contribution in [2.75, 3.05) is 19.6 Å². The molecule has 0 amide bonds. The summed E-state index contributed by atoms with van der Waals surface area (Å²) in [6.07, 6.45) is 3.89. The van der Waals surface area contributed by atoms with Crippen LogP contribution in [-0.2, 0) is 12.4 Å². The number of rotatable bonds is 5. The minimum atomic E-state index is 0.484. The third-order valence-electron chi connectivity index (χ3n) is 4.23. The molecule has 0 atom stereocenters. The van der Waals surface area contributed by atoms with E-state index in [0.29, 0.717) is 5.88 Å². The van der Waals surface area contributed by atoms with Gasteiger partial charge in [0.05, 0.1) is 16.9 Å². The van der Waals surface area contributed by atoms with Gasteiger partial charge in [-0.15, -0.1) is 11.6 Å². The Labute approximate surface area is 125 Å². The summed E-state index contributed by atoms with van der Waals surface area (Å²) in [5.41, 5.74) is 3.55. The second-order valence-electron chi connectivity index (χ2n) is 5.66. The number of hydrogen-bond donors (Lipinski definition) is 0. The number of benzene rings is 1. The summed E-state index contributed by atoms with van der Waals surface area (Å²) < 4.78 is 2.30. The summed E-state index contributed by atoms with van der Waals surface area (Å²) in [7, 11) is 0. The van der Waals surface area contributed by atoms with Crippen molar-refractivity contribution >= 4 is 22.6 Å². The second-order valence-corrected chi connectivity index (χ2v) is 5.93. The van der Waals surface area contributed by atoms with Crippen LogP contribution in [0.15, 0.2) is 18.2 Å².